The number of esters is 2. The number of unbranched alkanes of at least 4 members (excludes halogenated alkanes) is 2. The van der Waals surface area contributed by atoms with Crippen molar-refractivity contribution in [2.24, 2.45) is 11.7 Å². The second-order valence-electron chi connectivity index (χ2n) is 26.8. The van der Waals surface area contributed by atoms with E-state index in [2.05, 4.69) is 47.8 Å². The molecule has 4 bridgehead atoms. The Bertz CT molecular complexity index is 4190. The number of primary amides is 1. The van der Waals surface area contributed by atoms with Gasteiger partial charge in [0.2, 0.25) is 24.5 Å². The van der Waals surface area contributed by atoms with Crippen molar-refractivity contribution in [2.45, 2.75) is 145 Å². The summed E-state index contributed by atoms with van der Waals surface area (Å²) in [6, 6.07) is 12.8. The molecule has 8 amide bonds. The number of aryl methyl sites for hydroxylation is 1. The summed E-state index contributed by atoms with van der Waals surface area (Å²) in [5, 5.41) is 41.5. The zero-order chi connectivity index (χ0) is 71.1. The fourth-order valence-electron chi connectivity index (χ4n) is 15.4. The van der Waals surface area contributed by atoms with Crippen molar-refractivity contribution in [3.63, 3.8) is 0 Å². The van der Waals surface area contributed by atoms with E-state index in [0.717, 1.165) is 15.8 Å². The highest BCUT2D eigenvalue weighted by atomic mass is 32.2. The van der Waals surface area contributed by atoms with Gasteiger partial charge in [-0.2, -0.15) is 5.26 Å². The van der Waals surface area contributed by atoms with Crippen LogP contribution in [0.1, 0.15) is 127 Å². The van der Waals surface area contributed by atoms with E-state index >= 15 is 4.79 Å². The first-order valence-electron chi connectivity index (χ1n) is 33.4. The van der Waals surface area contributed by atoms with E-state index in [1.165, 1.54) is 37.9 Å². The molecule has 14 rings (SSSR count). The molecule has 9 aliphatic heterocycles. The molecule has 100 heavy (non-hydrogen) atoms. The van der Waals surface area contributed by atoms with Crippen LogP contribution >= 0.6 is 11.8 Å². The highest BCUT2D eigenvalue weighted by molar-refractivity contribution is 7.99. The number of alkyl carbamates (subject to hydrolysis) is 1. The van der Waals surface area contributed by atoms with Crippen LogP contribution in [0, 0.1) is 31.1 Å². The van der Waals surface area contributed by atoms with E-state index in [-0.39, 0.29) is 113 Å². The van der Waals surface area contributed by atoms with Gasteiger partial charge >= 0.3 is 24.1 Å². The number of carbonyl (C=O) groups excluding carboxylic acids is 9. The number of methoxy groups -OCH3 is 1. The minimum atomic E-state index is -1.74. The topological polar surface area (TPSA) is 374 Å². The average Bonchev–Trinajstić information content (AvgIpc) is 1.34. The van der Waals surface area contributed by atoms with Crippen LogP contribution in [-0.2, 0) is 68.0 Å². The van der Waals surface area contributed by atoms with Crippen molar-refractivity contribution in [1.29, 1.82) is 5.26 Å². The summed E-state index contributed by atoms with van der Waals surface area (Å²) >= 11 is 1.37. The third-order valence-corrected chi connectivity index (χ3v) is 21.3. The number of nitriles is 1. The van der Waals surface area contributed by atoms with Gasteiger partial charge in [0.1, 0.15) is 47.9 Å². The van der Waals surface area contributed by atoms with Gasteiger partial charge in [-0.05, 0) is 93.8 Å². The number of benzene rings is 4. The lowest BCUT2D eigenvalue weighted by atomic mass is 9.76. The van der Waals surface area contributed by atoms with Crippen LogP contribution in [0.3, 0.4) is 0 Å². The summed E-state index contributed by atoms with van der Waals surface area (Å²) in [5.41, 5.74) is 8.04. The number of carbonyl (C=O) groups is 9. The van der Waals surface area contributed by atoms with Gasteiger partial charge in [-0.1, -0.05) is 56.7 Å². The number of nitrogens with one attached hydrogen (secondary N) is 6. The number of amides is 8. The molecule has 2 unspecified atom stereocenters. The van der Waals surface area contributed by atoms with Crippen LogP contribution in [0.5, 0.6) is 28.7 Å². The van der Waals surface area contributed by atoms with Gasteiger partial charge in [0.15, 0.2) is 28.5 Å². The monoisotopic (exact) mass is 1390 g/mol. The number of imide groups is 1. The van der Waals surface area contributed by atoms with Crippen LogP contribution < -0.4 is 56.6 Å². The van der Waals surface area contributed by atoms with E-state index in [1.807, 2.05) is 44.3 Å². The third kappa shape index (κ3) is 13.3. The van der Waals surface area contributed by atoms with Crippen LogP contribution in [-0.4, -0.2) is 163 Å². The molecule has 2 fully saturated rings. The van der Waals surface area contributed by atoms with Crippen molar-refractivity contribution in [1.82, 2.24) is 41.3 Å². The Morgan fingerprint density at radius 3 is 2.38 bits per heavy atom. The van der Waals surface area contributed by atoms with Crippen LogP contribution in [0.4, 0.5) is 15.3 Å². The smallest absolute Gasteiger partial charge is 0.407 e. The number of anilines is 1. The number of ether oxygens (including phenoxy) is 6. The van der Waals surface area contributed by atoms with E-state index in [0.29, 0.717) is 98.9 Å². The van der Waals surface area contributed by atoms with Gasteiger partial charge < -0.3 is 70.3 Å². The molecule has 10 heterocycles. The number of fused-ring (bicyclic) bond motifs is 8. The van der Waals surface area contributed by atoms with Crippen molar-refractivity contribution in [2.75, 3.05) is 64.8 Å². The molecule has 1 aromatic heterocycles. The molecule has 1 spiro atoms. The van der Waals surface area contributed by atoms with E-state index in [9.17, 15) is 48.7 Å². The average molecular weight is 1390 g/mol. The number of aromatic hydroxyl groups is 1. The summed E-state index contributed by atoms with van der Waals surface area (Å²) in [5.74, 6) is -2.51. The van der Waals surface area contributed by atoms with Crippen LogP contribution in [0.15, 0.2) is 71.2 Å². The quantitative estimate of drug-likeness (QED) is 0.0175. The molecule has 9 N–H and O–H groups in total. The molecule has 528 valence electrons. The lowest BCUT2D eigenvalue weighted by Crippen LogP contribution is -2.69. The summed E-state index contributed by atoms with van der Waals surface area (Å²) in [7, 11) is 3.42. The maximum Gasteiger partial charge on any atom is 0.407 e. The minimum absolute atomic E-state index is 0.0461. The highest BCUT2D eigenvalue weighted by Crippen LogP contribution is 2.66. The summed E-state index contributed by atoms with van der Waals surface area (Å²) in [6.45, 7) is 8.32. The number of hydrogen-bond acceptors (Lipinski definition) is 22. The fourth-order valence-corrected chi connectivity index (χ4v) is 17.0. The predicted octanol–water partition coefficient (Wildman–Crippen LogP) is 5.81. The normalized spacial score (nSPS) is 23.6. The van der Waals surface area contributed by atoms with Crippen molar-refractivity contribution >= 4 is 82.0 Å². The van der Waals surface area contributed by atoms with Crippen molar-refractivity contribution < 1.29 is 81.1 Å². The number of phenolic OH excluding ortho intramolecular Hbond substituents is 1. The molecule has 5 aromatic rings. The molecular weight excluding hydrogens is 1310 g/mol. The zero-order valence-corrected chi connectivity index (χ0v) is 57.4. The molecule has 0 saturated carbocycles. The van der Waals surface area contributed by atoms with Gasteiger partial charge in [0.25, 0.3) is 11.8 Å². The third-order valence-electron chi connectivity index (χ3n) is 19.8. The standard InChI is InChI=1S/C71H81N11O17S/c1-36(2)55(78-49(84)17-9-8-12-25-81-50(85)22-23-51(81)86)66(89)77-46(15-13-24-74-68(73)91)65(88)76-42-20-18-40(19-21-42)30-95-69(92)75-29-43-27-45-44-14-10-11-16-48(44)99-64(45)71(79-43)34-100-63-54-53(62-61(96-35-97-62)38(4)60(54)98-39(5)83)47(31-94-67(71)90)82-57(63)56-52-41(26-37(3)59(93-7)58(52)87)28-70(82,32-72)33-80(56)6/h10-11,14,16,18-23,26,36,43,46-47,55-57,63,79,87H,8-9,12-13,15,17,24-25,27-31,33-35H2,1-7H3,(H,75,92)(H,76,88)(H,77,89)(H,78,84)(H3,73,74,91)/t43-,46+,47+,55+,56+,57-,63-,70?,71-/m1/s1. The number of phenols is 1. The Labute approximate surface area is 580 Å². The minimum Gasteiger partial charge on any atom is -0.504 e. The van der Waals surface area contributed by atoms with Crippen LogP contribution in [0.2, 0.25) is 0 Å². The molecule has 10 atom stereocenters. The summed E-state index contributed by atoms with van der Waals surface area (Å²) in [4.78, 5) is 124. The Kier molecular flexibility index (Phi) is 20.1. The fraction of sp³-hybridized carbons (Fsp3) is 0.465. The first-order chi connectivity index (χ1) is 48.0. The number of likely N-dealkylation sites (N-methyl/N-ethyl adjacent to an activating group) is 1. The predicted molar refractivity (Wildman–Crippen MR) is 362 cm³/mol. The maximum absolute atomic E-state index is 15.8. The lowest BCUT2D eigenvalue weighted by molar-refractivity contribution is -0.159. The Hall–Kier alpha value is -9.89. The summed E-state index contributed by atoms with van der Waals surface area (Å²) < 4.78 is 43.8. The molecule has 29 heteroatoms. The second-order valence-corrected chi connectivity index (χ2v) is 27.9. The van der Waals surface area contributed by atoms with Crippen LogP contribution in [0.25, 0.3) is 11.0 Å². The molecule has 4 aromatic carbocycles. The Morgan fingerprint density at radius 1 is 0.910 bits per heavy atom. The van der Waals surface area contributed by atoms with E-state index in [4.69, 9.17) is 38.6 Å². The number of furan rings is 1. The number of urea groups is 1. The molecule has 9 aliphatic rings. The summed E-state index contributed by atoms with van der Waals surface area (Å²) in [6.07, 6.45) is 4.05. The van der Waals surface area contributed by atoms with Gasteiger partial charge in [0, 0.05) is 115 Å². The van der Waals surface area contributed by atoms with Gasteiger partial charge in [-0.15, -0.1) is 11.8 Å². The Morgan fingerprint density at radius 2 is 1.66 bits per heavy atom. The lowest BCUT2D eigenvalue weighted by Gasteiger charge is -2.60. The molecule has 2 saturated heterocycles. The first-order valence-corrected chi connectivity index (χ1v) is 34.5. The number of rotatable bonds is 22. The number of thioether (sulfide) groups is 1. The largest absolute Gasteiger partial charge is 0.504 e. The molecule has 0 radical (unpaired) electrons. The first kappa shape index (κ1) is 70.0. The van der Waals surface area contributed by atoms with Gasteiger partial charge in [0.05, 0.1) is 30.5 Å². The van der Waals surface area contributed by atoms with Crippen molar-refractivity contribution in [3.05, 3.63) is 117 Å². The molecule has 28 nitrogen and oxygen atoms in total. The van der Waals surface area contributed by atoms with Crippen molar-refractivity contribution in [3.8, 4) is 34.8 Å². The number of hydrogen-bond donors (Lipinski definition) is 8. The number of nitrogens with two attached hydrogens (primary N) is 1. The zero-order valence-electron chi connectivity index (χ0n) is 56.5. The Balaban J connectivity index is 0.755. The number of nitrogens with zero attached hydrogens (tertiary/aromatic N) is 4. The van der Waals surface area contributed by atoms with Gasteiger partial charge in [-0.3, -0.25) is 48.8 Å². The number of para-hydroxylation sites is 1. The maximum atomic E-state index is 15.8. The highest BCUT2D eigenvalue weighted by Gasteiger charge is 2.65. The number of piperazine rings is 1. The molecule has 0 aliphatic carbocycles. The SMILES string of the molecule is COc1c(C)cc2c(c1O)[C@H]1[C@@H]3[C@@H]4SC[C@]5(N[C@@H](CNC(=O)OCc6ccc(NC(=O)[C@H](CCCNC(N)=O)NC(=O)[C@@H](NC(=O)CCCCCN7C(=O)C=CC7=O)C(C)C)cc6)Cc6c5oc5ccccc65)C(=O)OC[C@@H](c5c6c(c(C)c(OC(C)=O)c54)OCO6)N3C(C#N)(C2)CN1C. The molecular formula is C71H81N11O17S. The van der Waals surface area contributed by atoms with E-state index < -0.39 is 88.5 Å². The van der Waals surface area contributed by atoms with E-state index in [1.54, 1.807) is 45.0 Å². The van der Waals surface area contributed by atoms with Gasteiger partial charge in [-0.25, -0.2) is 14.4 Å². The second kappa shape index (κ2) is 28.8.